The van der Waals surface area contributed by atoms with Gasteiger partial charge in [-0.3, -0.25) is 0 Å². The Morgan fingerprint density at radius 1 is 0.727 bits per heavy atom. The fraction of sp³-hybridized carbons (Fsp3) is 0.222. The third-order valence-electron chi connectivity index (χ3n) is 0.667. The molecule has 11 heavy (non-hydrogen) atoms. The smallest absolute Gasteiger partial charge is 0 e. The van der Waals surface area contributed by atoms with Crippen LogP contribution in [0.3, 0.4) is 0 Å². The third kappa shape index (κ3) is 17.9. The summed E-state index contributed by atoms with van der Waals surface area (Å²) in [5, 5.41) is 2.75. The zero-order chi connectivity index (χ0) is 6.95. The Bertz CT molecular complexity index is 92.4. The van der Waals surface area contributed by atoms with E-state index in [0.717, 1.165) is 0 Å². The number of nitrogens with one attached hydrogen (secondary N) is 1. The van der Waals surface area contributed by atoms with Crippen molar-refractivity contribution in [1.29, 1.82) is 0 Å². The van der Waals surface area contributed by atoms with Gasteiger partial charge in [-0.2, -0.15) is 0 Å². The summed E-state index contributed by atoms with van der Waals surface area (Å²) in [5.41, 5.74) is 0. The van der Waals surface area contributed by atoms with Crippen LogP contribution in [0.25, 0.3) is 0 Å². The van der Waals surface area contributed by atoms with Crippen LogP contribution >= 0.6 is 0 Å². The predicted octanol–water partition coefficient (Wildman–Crippen LogP) is 1.97. The van der Waals surface area contributed by atoms with Crippen LogP contribution in [0.1, 0.15) is 0 Å². The van der Waals surface area contributed by atoms with Gasteiger partial charge in [0.25, 0.3) is 0 Å². The van der Waals surface area contributed by atoms with E-state index in [9.17, 15) is 0 Å². The molecule has 0 unspecified atom stereocenters. The van der Waals surface area contributed by atoms with E-state index >= 15 is 0 Å². The molecule has 0 atom stereocenters. The molecule has 61 valence electrons. The van der Waals surface area contributed by atoms with Crippen molar-refractivity contribution in [2.24, 2.45) is 0 Å². The van der Waals surface area contributed by atoms with Gasteiger partial charge in [0.2, 0.25) is 0 Å². The van der Waals surface area contributed by atoms with Gasteiger partial charge in [-0.1, -0.05) is 36.4 Å². The van der Waals surface area contributed by atoms with Crippen molar-refractivity contribution >= 4 is 0 Å². The first kappa shape index (κ1) is 17.4. The van der Waals surface area contributed by atoms with Gasteiger partial charge < -0.3 is 12.7 Å². The van der Waals surface area contributed by atoms with Crippen LogP contribution in [-0.2, 0) is 32.7 Å². The number of rotatable bonds is 0. The molecular formula is C9H16NY-. The first-order valence-corrected chi connectivity index (χ1v) is 3.00. The van der Waals surface area contributed by atoms with Crippen LogP contribution in [0.2, 0.25) is 0 Å². The molecule has 1 nitrogen and oxygen atoms in total. The second kappa shape index (κ2) is 16.7. The van der Waals surface area contributed by atoms with Crippen molar-refractivity contribution < 1.29 is 32.7 Å². The summed E-state index contributed by atoms with van der Waals surface area (Å²) in [7, 11) is 3.75. The second-order valence-electron chi connectivity index (χ2n) is 1.65. The minimum Gasteiger partial charge on any atom is -0.358 e. The van der Waals surface area contributed by atoms with Crippen molar-refractivity contribution in [2.75, 3.05) is 14.1 Å². The fourth-order valence-electron chi connectivity index (χ4n) is 0.385. The molecule has 0 fully saturated rings. The molecule has 0 aliphatic rings. The molecule has 2 heteroatoms. The number of benzene rings is 1. The van der Waals surface area contributed by atoms with Crippen molar-refractivity contribution in [3.63, 3.8) is 0 Å². The van der Waals surface area contributed by atoms with E-state index < -0.39 is 0 Å². The SMILES string of the molecule is CNC.[CH3-].[Y].c1ccccc1. The Morgan fingerprint density at radius 2 is 0.818 bits per heavy atom. The molecule has 1 rings (SSSR count). The maximum Gasteiger partial charge on any atom is 0 e. The van der Waals surface area contributed by atoms with E-state index in [0.29, 0.717) is 0 Å². The molecule has 0 saturated heterocycles. The Balaban J connectivity index is -0.000000116. The summed E-state index contributed by atoms with van der Waals surface area (Å²) in [6.07, 6.45) is 0. The monoisotopic (exact) mass is 227 g/mol. The van der Waals surface area contributed by atoms with Crippen LogP contribution in [0.4, 0.5) is 0 Å². The van der Waals surface area contributed by atoms with Crippen molar-refractivity contribution in [1.82, 2.24) is 5.32 Å². The Kier molecular flexibility index (Phi) is 26.4. The van der Waals surface area contributed by atoms with E-state index in [1.165, 1.54) is 0 Å². The maximum atomic E-state index is 2.75. The van der Waals surface area contributed by atoms with Crippen molar-refractivity contribution in [3.8, 4) is 0 Å². The molecule has 0 aromatic heterocycles. The molecule has 1 N–H and O–H groups in total. The van der Waals surface area contributed by atoms with Gasteiger partial charge in [0.15, 0.2) is 0 Å². The third-order valence-corrected chi connectivity index (χ3v) is 0.667. The second-order valence-corrected chi connectivity index (χ2v) is 1.65. The van der Waals surface area contributed by atoms with Gasteiger partial charge in [-0.15, -0.1) is 0 Å². The number of hydrogen-bond donors (Lipinski definition) is 1. The Morgan fingerprint density at radius 3 is 0.909 bits per heavy atom. The Labute approximate surface area is 95.5 Å². The van der Waals surface area contributed by atoms with Crippen LogP contribution in [-0.4, -0.2) is 14.1 Å². The van der Waals surface area contributed by atoms with E-state index in [1.807, 2.05) is 50.5 Å². The van der Waals surface area contributed by atoms with Gasteiger partial charge in [-0.05, 0) is 14.1 Å². The van der Waals surface area contributed by atoms with Gasteiger partial charge >= 0.3 is 0 Å². The van der Waals surface area contributed by atoms with Crippen LogP contribution in [0, 0.1) is 7.43 Å². The van der Waals surface area contributed by atoms with Crippen molar-refractivity contribution in [2.45, 2.75) is 0 Å². The van der Waals surface area contributed by atoms with E-state index in [-0.39, 0.29) is 40.1 Å². The van der Waals surface area contributed by atoms with Gasteiger partial charge in [0, 0.05) is 32.7 Å². The standard InChI is InChI=1S/C6H6.C2H7N.CH3.Y/c1-2-4-6-5-3-1;1-3-2;;/h1-6H;3H,1-2H3;1H3;/q;;-1;. The minimum absolute atomic E-state index is 0. The van der Waals surface area contributed by atoms with Crippen molar-refractivity contribution in [3.05, 3.63) is 43.8 Å². The van der Waals surface area contributed by atoms with Gasteiger partial charge in [0.1, 0.15) is 0 Å². The predicted molar refractivity (Wildman–Crippen MR) is 47.8 cm³/mol. The average molecular weight is 227 g/mol. The Hall–Kier alpha value is 0.284. The summed E-state index contributed by atoms with van der Waals surface area (Å²) >= 11 is 0. The first-order valence-electron chi connectivity index (χ1n) is 3.00. The summed E-state index contributed by atoms with van der Waals surface area (Å²) in [5.74, 6) is 0. The normalized spacial score (nSPS) is 6.00. The molecular weight excluding hydrogens is 211 g/mol. The molecule has 1 aromatic rings. The molecule has 1 radical (unpaired) electrons. The maximum absolute atomic E-state index is 2.75. The molecule has 0 spiro atoms. The van der Waals surface area contributed by atoms with E-state index in [4.69, 9.17) is 0 Å². The van der Waals surface area contributed by atoms with E-state index in [2.05, 4.69) is 5.32 Å². The van der Waals surface area contributed by atoms with Gasteiger partial charge in [0.05, 0.1) is 0 Å². The van der Waals surface area contributed by atoms with E-state index in [1.54, 1.807) is 0 Å². The molecule has 0 aliphatic heterocycles. The first-order chi connectivity index (χ1) is 4.41. The number of hydrogen-bond acceptors (Lipinski definition) is 1. The van der Waals surface area contributed by atoms with Gasteiger partial charge in [-0.25, -0.2) is 0 Å². The summed E-state index contributed by atoms with van der Waals surface area (Å²) < 4.78 is 0. The zero-order valence-corrected chi connectivity index (χ0v) is 10.4. The van der Waals surface area contributed by atoms with Crippen LogP contribution in [0.15, 0.2) is 36.4 Å². The summed E-state index contributed by atoms with van der Waals surface area (Å²) in [6.45, 7) is 0. The van der Waals surface area contributed by atoms with Crippen LogP contribution < -0.4 is 5.32 Å². The molecule has 0 heterocycles. The molecule has 0 bridgehead atoms. The molecule has 0 aliphatic carbocycles. The summed E-state index contributed by atoms with van der Waals surface area (Å²) in [6, 6.07) is 12.0. The topological polar surface area (TPSA) is 12.0 Å². The molecule has 0 amide bonds. The molecule has 1 aromatic carbocycles. The van der Waals surface area contributed by atoms with Crippen LogP contribution in [0.5, 0.6) is 0 Å². The quantitative estimate of drug-likeness (QED) is 0.668. The largest absolute Gasteiger partial charge is 0.358 e. The fourth-order valence-corrected chi connectivity index (χ4v) is 0.385. The minimum atomic E-state index is 0. The average Bonchev–Trinajstić information content (AvgIpc) is 1.93. The zero-order valence-electron chi connectivity index (χ0n) is 7.54. The molecule has 0 saturated carbocycles. The summed E-state index contributed by atoms with van der Waals surface area (Å²) in [4.78, 5) is 0.